The van der Waals surface area contributed by atoms with Crippen molar-refractivity contribution >= 4 is 0 Å². The molecule has 2 aromatic rings. The SMILES string of the molecule is N#Cc1ccc(OCc2cccnc2)cc1C#N. The Balaban J connectivity index is 2.12. The van der Waals surface area contributed by atoms with Crippen LogP contribution in [0.2, 0.25) is 0 Å². The number of pyridine rings is 1. The highest BCUT2D eigenvalue weighted by atomic mass is 16.5. The first-order chi connectivity index (χ1) is 8.83. The zero-order valence-electron chi connectivity index (χ0n) is 9.50. The molecule has 2 rings (SSSR count). The highest BCUT2D eigenvalue weighted by molar-refractivity contribution is 5.49. The molecule has 0 radical (unpaired) electrons. The molecule has 0 atom stereocenters. The lowest BCUT2D eigenvalue weighted by atomic mass is 10.1. The van der Waals surface area contributed by atoms with Crippen molar-refractivity contribution in [3.05, 3.63) is 59.4 Å². The first-order valence-corrected chi connectivity index (χ1v) is 5.29. The topological polar surface area (TPSA) is 69.7 Å². The molecule has 4 nitrogen and oxygen atoms in total. The standard InChI is InChI=1S/C14H9N3O/c15-7-12-3-4-14(6-13(12)8-16)18-10-11-2-1-5-17-9-11/h1-6,9H,10H2. The van der Waals surface area contributed by atoms with E-state index in [4.69, 9.17) is 15.3 Å². The molecule has 0 N–H and O–H groups in total. The van der Waals surface area contributed by atoms with Gasteiger partial charge in [-0.05, 0) is 24.3 Å². The molecule has 4 heteroatoms. The third kappa shape index (κ3) is 2.63. The van der Waals surface area contributed by atoms with Crippen molar-refractivity contribution in [3.63, 3.8) is 0 Å². The minimum Gasteiger partial charge on any atom is -0.489 e. The quantitative estimate of drug-likeness (QED) is 0.819. The van der Waals surface area contributed by atoms with Gasteiger partial charge in [-0.3, -0.25) is 4.98 Å². The van der Waals surface area contributed by atoms with E-state index in [0.717, 1.165) is 5.56 Å². The smallest absolute Gasteiger partial charge is 0.121 e. The summed E-state index contributed by atoms with van der Waals surface area (Å²) in [7, 11) is 0. The molecule has 0 aliphatic carbocycles. The van der Waals surface area contributed by atoms with Crippen LogP contribution in [0.1, 0.15) is 16.7 Å². The van der Waals surface area contributed by atoms with E-state index in [9.17, 15) is 0 Å². The van der Waals surface area contributed by atoms with Crippen LogP contribution in [0.15, 0.2) is 42.7 Å². The second kappa shape index (κ2) is 5.47. The van der Waals surface area contributed by atoms with E-state index in [1.54, 1.807) is 30.6 Å². The van der Waals surface area contributed by atoms with Crippen LogP contribution in [0.3, 0.4) is 0 Å². The molecule has 1 heterocycles. The lowest BCUT2D eigenvalue weighted by Gasteiger charge is -2.06. The first-order valence-electron chi connectivity index (χ1n) is 5.29. The van der Waals surface area contributed by atoms with Crippen LogP contribution in [-0.4, -0.2) is 4.98 Å². The molecule has 0 saturated heterocycles. The average Bonchev–Trinajstić information content (AvgIpc) is 2.45. The number of hydrogen-bond donors (Lipinski definition) is 0. The normalized spacial score (nSPS) is 9.22. The molecule has 0 unspecified atom stereocenters. The van der Waals surface area contributed by atoms with Gasteiger partial charge in [0.1, 0.15) is 24.5 Å². The maximum absolute atomic E-state index is 8.89. The third-order valence-electron chi connectivity index (χ3n) is 2.36. The number of aromatic nitrogens is 1. The number of hydrogen-bond acceptors (Lipinski definition) is 4. The van der Waals surface area contributed by atoms with E-state index in [2.05, 4.69) is 4.98 Å². The van der Waals surface area contributed by atoms with Crippen molar-refractivity contribution in [2.75, 3.05) is 0 Å². The Morgan fingerprint density at radius 3 is 2.61 bits per heavy atom. The van der Waals surface area contributed by atoms with Gasteiger partial charge in [-0.2, -0.15) is 10.5 Å². The average molecular weight is 235 g/mol. The summed E-state index contributed by atoms with van der Waals surface area (Å²) in [6, 6.07) is 12.5. The van der Waals surface area contributed by atoms with Gasteiger partial charge in [0.25, 0.3) is 0 Å². The molecule has 0 saturated carbocycles. The van der Waals surface area contributed by atoms with E-state index in [0.29, 0.717) is 23.5 Å². The minimum absolute atomic E-state index is 0.321. The van der Waals surface area contributed by atoms with Gasteiger partial charge in [0.2, 0.25) is 0 Å². The maximum atomic E-state index is 8.89. The number of nitrogens with zero attached hydrogens (tertiary/aromatic N) is 3. The molecule has 0 bridgehead atoms. The van der Waals surface area contributed by atoms with E-state index >= 15 is 0 Å². The van der Waals surface area contributed by atoms with Gasteiger partial charge < -0.3 is 4.74 Å². The predicted molar refractivity (Wildman–Crippen MR) is 64.4 cm³/mol. The summed E-state index contributed by atoms with van der Waals surface area (Å²) in [6.07, 6.45) is 3.41. The zero-order valence-corrected chi connectivity index (χ0v) is 9.50. The van der Waals surface area contributed by atoms with Crippen molar-refractivity contribution in [1.82, 2.24) is 4.98 Å². The summed E-state index contributed by atoms with van der Waals surface area (Å²) in [5.74, 6) is 0.564. The minimum atomic E-state index is 0.321. The largest absolute Gasteiger partial charge is 0.489 e. The molecule has 0 aliphatic heterocycles. The molecular weight excluding hydrogens is 226 g/mol. The monoisotopic (exact) mass is 235 g/mol. The molecule has 0 amide bonds. The Hall–Kier alpha value is -2.85. The van der Waals surface area contributed by atoms with Crippen molar-refractivity contribution in [2.45, 2.75) is 6.61 Å². The highest BCUT2D eigenvalue weighted by Crippen LogP contribution is 2.17. The molecule has 0 spiro atoms. The maximum Gasteiger partial charge on any atom is 0.121 e. The van der Waals surface area contributed by atoms with Crippen molar-refractivity contribution in [2.24, 2.45) is 0 Å². The number of benzene rings is 1. The summed E-state index contributed by atoms with van der Waals surface area (Å²) in [6.45, 7) is 0.380. The number of ether oxygens (including phenoxy) is 1. The van der Waals surface area contributed by atoms with Gasteiger partial charge >= 0.3 is 0 Å². The van der Waals surface area contributed by atoms with Crippen LogP contribution < -0.4 is 4.74 Å². The van der Waals surface area contributed by atoms with Crippen molar-refractivity contribution in [1.29, 1.82) is 10.5 Å². The van der Waals surface area contributed by atoms with Gasteiger partial charge in [0, 0.05) is 18.0 Å². The van der Waals surface area contributed by atoms with Crippen LogP contribution in [0.4, 0.5) is 0 Å². The van der Waals surface area contributed by atoms with Crippen LogP contribution in [0, 0.1) is 22.7 Å². The van der Waals surface area contributed by atoms with E-state index in [1.807, 2.05) is 24.3 Å². The van der Waals surface area contributed by atoms with Gasteiger partial charge in [-0.25, -0.2) is 0 Å². The lowest BCUT2D eigenvalue weighted by Crippen LogP contribution is -1.96. The first kappa shape index (κ1) is 11.6. The molecule has 86 valence electrons. The van der Waals surface area contributed by atoms with E-state index in [1.165, 1.54) is 0 Å². The molecule has 0 fully saturated rings. The van der Waals surface area contributed by atoms with Crippen LogP contribution in [0.5, 0.6) is 5.75 Å². The van der Waals surface area contributed by atoms with Crippen LogP contribution >= 0.6 is 0 Å². The molecular formula is C14H9N3O. The van der Waals surface area contributed by atoms with Crippen molar-refractivity contribution in [3.8, 4) is 17.9 Å². The summed E-state index contributed by atoms with van der Waals surface area (Å²) in [5.41, 5.74) is 1.62. The van der Waals surface area contributed by atoms with Crippen LogP contribution in [-0.2, 0) is 6.61 Å². The Labute approximate surface area is 105 Å². The van der Waals surface area contributed by atoms with E-state index < -0.39 is 0 Å². The summed E-state index contributed by atoms with van der Waals surface area (Å²) < 4.78 is 5.53. The Kier molecular flexibility index (Phi) is 3.53. The van der Waals surface area contributed by atoms with Gasteiger partial charge in [-0.1, -0.05) is 6.07 Å². The fourth-order valence-electron chi connectivity index (χ4n) is 1.45. The zero-order chi connectivity index (χ0) is 12.8. The van der Waals surface area contributed by atoms with Gasteiger partial charge in [0.15, 0.2) is 0 Å². The van der Waals surface area contributed by atoms with E-state index in [-0.39, 0.29) is 0 Å². The highest BCUT2D eigenvalue weighted by Gasteiger charge is 2.03. The van der Waals surface area contributed by atoms with Crippen LogP contribution in [0.25, 0.3) is 0 Å². The fraction of sp³-hybridized carbons (Fsp3) is 0.0714. The van der Waals surface area contributed by atoms with Gasteiger partial charge in [0.05, 0.1) is 11.1 Å². The van der Waals surface area contributed by atoms with Crippen molar-refractivity contribution < 1.29 is 4.74 Å². The third-order valence-corrected chi connectivity index (χ3v) is 2.36. The second-order valence-electron chi connectivity index (χ2n) is 3.58. The Morgan fingerprint density at radius 1 is 1.11 bits per heavy atom. The second-order valence-corrected chi connectivity index (χ2v) is 3.58. The number of nitriles is 2. The lowest BCUT2D eigenvalue weighted by molar-refractivity contribution is 0.305. The molecule has 1 aromatic carbocycles. The summed E-state index contributed by atoms with van der Waals surface area (Å²) in [5, 5.41) is 17.7. The number of rotatable bonds is 3. The fourth-order valence-corrected chi connectivity index (χ4v) is 1.45. The van der Waals surface area contributed by atoms with Gasteiger partial charge in [-0.15, -0.1) is 0 Å². The Bertz CT molecular complexity index is 624. The Morgan fingerprint density at radius 2 is 1.94 bits per heavy atom. The molecule has 18 heavy (non-hydrogen) atoms. The predicted octanol–water partition coefficient (Wildman–Crippen LogP) is 2.40. The summed E-state index contributed by atoms with van der Waals surface area (Å²) in [4.78, 5) is 3.98. The molecule has 0 aliphatic rings. The molecule has 1 aromatic heterocycles. The summed E-state index contributed by atoms with van der Waals surface area (Å²) >= 11 is 0.